The molecule has 4 atom stereocenters. The molecular formula is C16H32N2. The van der Waals surface area contributed by atoms with E-state index in [0.29, 0.717) is 0 Å². The van der Waals surface area contributed by atoms with Crippen LogP contribution in [0, 0.1) is 17.8 Å². The molecule has 18 heavy (non-hydrogen) atoms. The Morgan fingerprint density at radius 3 is 2.61 bits per heavy atom. The fourth-order valence-corrected chi connectivity index (χ4v) is 4.00. The van der Waals surface area contributed by atoms with Gasteiger partial charge in [-0.2, -0.15) is 0 Å². The number of nitrogens with one attached hydrogen (secondary N) is 1. The van der Waals surface area contributed by atoms with Gasteiger partial charge in [-0.1, -0.05) is 27.2 Å². The Morgan fingerprint density at radius 2 is 1.94 bits per heavy atom. The summed E-state index contributed by atoms with van der Waals surface area (Å²) in [4.78, 5) is 2.48. The Hall–Kier alpha value is -0.0800. The van der Waals surface area contributed by atoms with Crippen molar-refractivity contribution in [3.63, 3.8) is 0 Å². The number of hydrogen-bond acceptors (Lipinski definition) is 2. The van der Waals surface area contributed by atoms with Crippen LogP contribution in [0.4, 0.5) is 0 Å². The summed E-state index contributed by atoms with van der Waals surface area (Å²) in [6.45, 7) is 9.77. The SMILES string of the molecule is CC1CCC(C(C)C)C(NC2CCCN(C)C2)C1. The zero-order valence-corrected chi connectivity index (χ0v) is 12.8. The first-order valence-corrected chi connectivity index (χ1v) is 8.01. The predicted octanol–water partition coefficient (Wildman–Crippen LogP) is 3.13. The van der Waals surface area contributed by atoms with Crippen LogP contribution in [-0.4, -0.2) is 37.1 Å². The van der Waals surface area contributed by atoms with E-state index in [2.05, 4.69) is 38.0 Å². The quantitative estimate of drug-likeness (QED) is 0.830. The molecule has 2 fully saturated rings. The normalized spacial score (nSPS) is 39.2. The zero-order valence-electron chi connectivity index (χ0n) is 12.8. The van der Waals surface area contributed by atoms with Gasteiger partial charge in [-0.3, -0.25) is 0 Å². The molecule has 106 valence electrons. The van der Waals surface area contributed by atoms with Crippen molar-refractivity contribution < 1.29 is 0 Å². The van der Waals surface area contributed by atoms with Crippen LogP contribution < -0.4 is 5.32 Å². The molecule has 2 nitrogen and oxygen atoms in total. The molecule has 0 aromatic rings. The largest absolute Gasteiger partial charge is 0.310 e. The number of likely N-dealkylation sites (tertiary alicyclic amines) is 1. The second-order valence-corrected chi connectivity index (χ2v) is 7.20. The predicted molar refractivity (Wildman–Crippen MR) is 78.8 cm³/mol. The van der Waals surface area contributed by atoms with Crippen LogP contribution in [0.3, 0.4) is 0 Å². The van der Waals surface area contributed by atoms with Gasteiger partial charge in [0, 0.05) is 18.6 Å². The number of likely N-dealkylation sites (N-methyl/N-ethyl adjacent to an activating group) is 1. The Balaban J connectivity index is 1.91. The molecule has 0 bridgehead atoms. The van der Waals surface area contributed by atoms with Gasteiger partial charge < -0.3 is 10.2 Å². The number of rotatable bonds is 3. The highest BCUT2D eigenvalue weighted by Gasteiger charge is 2.32. The maximum absolute atomic E-state index is 4.01. The summed E-state index contributed by atoms with van der Waals surface area (Å²) in [6.07, 6.45) is 7.00. The summed E-state index contributed by atoms with van der Waals surface area (Å²) in [6, 6.07) is 1.51. The molecule has 1 heterocycles. The maximum atomic E-state index is 4.01. The molecule has 1 aliphatic carbocycles. The molecule has 1 aliphatic heterocycles. The molecule has 0 aromatic heterocycles. The summed E-state index contributed by atoms with van der Waals surface area (Å²) in [5.74, 6) is 2.64. The van der Waals surface area contributed by atoms with Crippen LogP contribution in [0.2, 0.25) is 0 Å². The Labute approximate surface area is 114 Å². The van der Waals surface area contributed by atoms with Crippen molar-refractivity contribution in [2.75, 3.05) is 20.1 Å². The first-order valence-electron chi connectivity index (χ1n) is 8.01. The minimum Gasteiger partial charge on any atom is -0.310 e. The second-order valence-electron chi connectivity index (χ2n) is 7.20. The molecular weight excluding hydrogens is 220 g/mol. The van der Waals surface area contributed by atoms with Gasteiger partial charge in [0.25, 0.3) is 0 Å². The van der Waals surface area contributed by atoms with Crippen molar-refractivity contribution in [2.24, 2.45) is 17.8 Å². The van der Waals surface area contributed by atoms with Gasteiger partial charge in [-0.25, -0.2) is 0 Å². The Kier molecular flexibility index (Phi) is 5.08. The topological polar surface area (TPSA) is 15.3 Å². The monoisotopic (exact) mass is 252 g/mol. The molecule has 0 spiro atoms. The molecule has 1 saturated heterocycles. The molecule has 2 rings (SSSR count). The van der Waals surface area contributed by atoms with Crippen molar-refractivity contribution in [3.8, 4) is 0 Å². The lowest BCUT2D eigenvalue weighted by atomic mass is 9.73. The first-order chi connectivity index (χ1) is 8.56. The van der Waals surface area contributed by atoms with E-state index >= 15 is 0 Å². The van der Waals surface area contributed by atoms with Crippen molar-refractivity contribution in [1.82, 2.24) is 10.2 Å². The molecule has 1 saturated carbocycles. The third-order valence-corrected chi connectivity index (χ3v) is 5.10. The van der Waals surface area contributed by atoms with Gasteiger partial charge in [-0.05, 0) is 57.0 Å². The van der Waals surface area contributed by atoms with Crippen LogP contribution >= 0.6 is 0 Å². The maximum Gasteiger partial charge on any atom is 0.0198 e. The van der Waals surface area contributed by atoms with E-state index in [4.69, 9.17) is 0 Å². The van der Waals surface area contributed by atoms with Gasteiger partial charge in [0.05, 0.1) is 0 Å². The van der Waals surface area contributed by atoms with Crippen molar-refractivity contribution >= 4 is 0 Å². The van der Waals surface area contributed by atoms with Crippen LogP contribution in [0.1, 0.15) is 52.9 Å². The van der Waals surface area contributed by atoms with E-state index < -0.39 is 0 Å². The third kappa shape index (κ3) is 3.71. The number of hydrogen-bond donors (Lipinski definition) is 1. The van der Waals surface area contributed by atoms with E-state index in [0.717, 1.165) is 29.8 Å². The lowest BCUT2D eigenvalue weighted by molar-refractivity contribution is 0.135. The van der Waals surface area contributed by atoms with Gasteiger partial charge in [-0.15, -0.1) is 0 Å². The van der Waals surface area contributed by atoms with E-state index in [-0.39, 0.29) is 0 Å². The summed E-state index contributed by atoms with van der Waals surface area (Å²) in [5, 5.41) is 4.01. The molecule has 0 aromatic carbocycles. The molecule has 0 amide bonds. The number of nitrogens with zero attached hydrogens (tertiary/aromatic N) is 1. The molecule has 1 N–H and O–H groups in total. The first kappa shape index (κ1) is 14.3. The summed E-state index contributed by atoms with van der Waals surface area (Å²) >= 11 is 0. The van der Waals surface area contributed by atoms with Gasteiger partial charge in [0.1, 0.15) is 0 Å². The molecule has 2 heteroatoms. The highest BCUT2D eigenvalue weighted by Crippen LogP contribution is 2.34. The van der Waals surface area contributed by atoms with Gasteiger partial charge in [0.2, 0.25) is 0 Å². The van der Waals surface area contributed by atoms with Crippen LogP contribution in [0.15, 0.2) is 0 Å². The summed E-state index contributed by atoms with van der Waals surface area (Å²) < 4.78 is 0. The van der Waals surface area contributed by atoms with E-state index in [1.807, 2.05) is 0 Å². The smallest absolute Gasteiger partial charge is 0.0198 e. The summed E-state index contributed by atoms with van der Waals surface area (Å²) in [7, 11) is 2.26. The van der Waals surface area contributed by atoms with E-state index in [1.165, 1.54) is 45.2 Å². The third-order valence-electron chi connectivity index (χ3n) is 5.10. The lowest BCUT2D eigenvalue weighted by Crippen LogP contribution is -2.52. The fraction of sp³-hybridized carbons (Fsp3) is 1.00. The Bertz CT molecular complexity index is 251. The zero-order chi connectivity index (χ0) is 13.1. The highest BCUT2D eigenvalue weighted by atomic mass is 15.1. The minimum absolute atomic E-state index is 0.736. The fourth-order valence-electron chi connectivity index (χ4n) is 4.00. The van der Waals surface area contributed by atoms with Crippen LogP contribution in [0.25, 0.3) is 0 Å². The average Bonchev–Trinajstić information content (AvgIpc) is 2.28. The van der Waals surface area contributed by atoms with Crippen molar-refractivity contribution in [2.45, 2.75) is 65.0 Å². The molecule has 4 unspecified atom stereocenters. The van der Waals surface area contributed by atoms with E-state index in [1.54, 1.807) is 0 Å². The van der Waals surface area contributed by atoms with Gasteiger partial charge in [0.15, 0.2) is 0 Å². The molecule has 2 aliphatic rings. The van der Waals surface area contributed by atoms with Crippen LogP contribution in [0.5, 0.6) is 0 Å². The standard InChI is InChI=1S/C16H32N2/c1-12(2)15-8-7-13(3)10-16(15)17-14-6-5-9-18(4)11-14/h12-17H,5-11H2,1-4H3. The lowest BCUT2D eigenvalue weighted by Gasteiger charge is -2.41. The highest BCUT2D eigenvalue weighted by molar-refractivity contribution is 4.89. The summed E-state index contributed by atoms with van der Waals surface area (Å²) in [5.41, 5.74) is 0. The number of piperidine rings is 1. The Morgan fingerprint density at radius 1 is 1.17 bits per heavy atom. The average molecular weight is 252 g/mol. The molecule has 0 radical (unpaired) electrons. The van der Waals surface area contributed by atoms with Crippen molar-refractivity contribution in [1.29, 1.82) is 0 Å². The van der Waals surface area contributed by atoms with Crippen LogP contribution in [-0.2, 0) is 0 Å². The van der Waals surface area contributed by atoms with E-state index in [9.17, 15) is 0 Å². The second kappa shape index (κ2) is 6.38. The van der Waals surface area contributed by atoms with Gasteiger partial charge >= 0.3 is 0 Å². The van der Waals surface area contributed by atoms with Crippen molar-refractivity contribution in [3.05, 3.63) is 0 Å². The minimum atomic E-state index is 0.736.